The van der Waals surface area contributed by atoms with Gasteiger partial charge in [-0.25, -0.2) is 4.98 Å². The fourth-order valence-electron chi connectivity index (χ4n) is 7.78. The van der Waals surface area contributed by atoms with Crippen LogP contribution in [0.15, 0.2) is 164 Å². The van der Waals surface area contributed by atoms with Gasteiger partial charge >= 0.3 is 0 Å². The maximum Gasteiger partial charge on any atom is 0.148 e. The summed E-state index contributed by atoms with van der Waals surface area (Å²) in [4.78, 5) is 9.85. The maximum atomic E-state index is 13.0. The molecule has 0 aliphatic heterocycles. The largest absolute Gasteiger partial charge is 0.507 e. The van der Waals surface area contributed by atoms with E-state index in [1.54, 1.807) is 54.7 Å². The van der Waals surface area contributed by atoms with E-state index in [9.17, 15) is 5.11 Å². The first-order valence-electron chi connectivity index (χ1n) is 30.2. The molecule has 2 aromatic heterocycles. The Kier molecular flexibility index (Phi) is 6.64. The number of phenolic OH excluding ortho intramolecular Hbond substituents is 1. The SMILES string of the molecule is [2H]C([2H])([2H])c1ccc(-n2c(-c3cc(C(C([2H])([2H])[2H])(C([2H])([2H])[2H])C([2H])([2H])[2H])cc(C(C([2H])([2H])[2H])(C([2H])([2H])[2H])C([2H])([2H])[2H])c3O)nc3c(-c4[c-]c(-c5cc(-c6ccc(C)cc6)ccn5)cc(-c5ccccc5)c4)cccc32)c(-c2ccccc2)c1.[Pt]. The molecular formula is C58H52N3OPt-. The Balaban J connectivity index is 0.00000920. The number of phenols is 1. The van der Waals surface area contributed by atoms with Gasteiger partial charge in [0.1, 0.15) is 11.6 Å². The second-order valence-electron chi connectivity index (χ2n) is 15.3. The van der Waals surface area contributed by atoms with E-state index in [0.29, 0.717) is 39.6 Å². The molecule has 0 bridgehead atoms. The van der Waals surface area contributed by atoms with Crippen LogP contribution in [0.4, 0.5) is 0 Å². The van der Waals surface area contributed by atoms with Crippen molar-refractivity contribution >= 4 is 11.0 Å². The summed E-state index contributed by atoms with van der Waals surface area (Å²) in [5, 5.41) is 13.0. The van der Waals surface area contributed by atoms with E-state index >= 15 is 0 Å². The van der Waals surface area contributed by atoms with E-state index in [4.69, 9.17) is 38.8 Å². The molecule has 9 rings (SSSR count). The average molecular weight is 1020 g/mol. The van der Waals surface area contributed by atoms with Crippen LogP contribution in [0.2, 0.25) is 0 Å². The van der Waals surface area contributed by atoms with Crippen LogP contribution in [-0.4, -0.2) is 19.6 Å². The second kappa shape index (κ2) is 17.1. The molecule has 9 aromatic rings. The number of para-hydroxylation sites is 1. The molecule has 1 N–H and O–H groups in total. The number of hydrogen-bond donors (Lipinski definition) is 1. The number of benzene rings is 7. The first-order chi connectivity index (χ1) is 38.4. The van der Waals surface area contributed by atoms with Gasteiger partial charge in [0.05, 0.1) is 22.3 Å². The molecule has 2 heterocycles. The smallest absolute Gasteiger partial charge is 0.148 e. The van der Waals surface area contributed by atoms with Gasteiger partial charge in [-0.1, -0.05) is 184 Å². The van der Waals surface area contributed by atoms with Gasteiger partial charge in [0.15, 0.2) is 0 Å². The third kappa shape index (κ3) is 8.58. The third-order valence-corrected chi connectivity index (χ3v) is 10.9. The number of nitrogens with zero attached hydrogens (tertiary/aromatic N) is 3. The van der Waals surface area contributed by atoms with E-state index in [2.05, 4.69) is 6.07 Å². The molecule has 0 fully saturated rings. The number of rotatable bonds is 7. The number of aryl methyl sites for hydroxylation is 2. The van der Waals surface area contributed by atoms with Crippen molar-refractivity contribution in [1.82, 2.24) is 14.5 Å². The molecule has 63 heavy (non-hydrogen) atoms. The van der Waals surface area contributed by atoms with Gasteiger partial charge in [0.25, 0.3) is 0 Å². The summed E-state index contributed by atoms with van der Waals surface area (Å²) in [6, 6.07) is 46.4. The van der Waals surface area contributed by atoms with Crippen molar-refractivity contribution in [3.05, 3.63) is 192 Å². The molecule has 4 nitrogen and oxygen atoms in total. The van der Waals surface area contributed by atoms with Crippen molar-refractivity contribution in [2.24, 2.45) is 0 Å². The molecular weight excluding hydrogens is 950 g/mol. The zero-order chi connectivity index (χ0) is 60.8. The Labute approximate surface area is 416 Å². The van der Waals surface area contributed by atoms with Gasteiger partial charge in [0.2, 0.25) is 0 Å². The van der Waals surface area contributed by atoms with Crippen LogP contribution < -0.4 is 0 Å². The molecule has 0 saturated carbocycles. The predicted molar refractivity (Wildman–Crippen MR) is 259 cm³/mol. The zero-order valence-electron chi connectivity index (χ0n) is 54.7. The molecule has 0 saturated heterocycles. The van der Waals surface area contributed by atoms with E-state index in [-0.39, 0.29) is 55.0 Å². The number of hydrogen-bond acceptors (Lipinski definition) is 3. The molecule has 316 valence electrons. The minimum atomic E-state index is -4.21. The topological polar surface area (TPSA) is 50.9 Å². The molecule has 0 aliphatic carbocycles. The summed E-state index contributed by atoms with van der Waals surface area (Å²) in [5.41, 5.74) is -5.40. The average Bonchev–Trinajstić information content (AvgIpc) is 0.908. The van der Waals surface area contributed by atoms with E-state index in [1.165, 1.54) is 22.8 Å². The molecule has 0 atom stereocenters. The van der Waals surface area contributed by atoms with Gasteiger partial charge in [-0.05, 0) is 82.8 Å². The molecule has 5 heteroatoms. The van der Waals surface area contributed by atoms with Gasteiger partial charge in [-0.2, -0.15) is 0 Å². The van der Waals surface area contributed by atoms with Crippen molar-refractivity contribution in [2.45, 2.75) is 65.7 Å². The van der Waals surface area contributed by atoms with Crippen LogP contribution >= 0.6 is 0 Å². The van der Waals surface area contributed by atoms with Gasteiger partial charge in [-0.15, -0.1) is 23.8 Å². The van der Waals surface area contributed by atoms with E-state index in [0.717, 1.165) is 22.3 Å². The quantitative estimate of drug-likeness (QED) is 0.162. The summed E-state index contributed by atoms with van der Waals surface area (Å²) in [7, 11) is 0. The van der Waals surface area contributed by atoms with E-state index in [1.807, 2.05) is 85.8 Å². The number of aromatic nitrogens is 3. The third-order valence-electron chi connectivity index (χ3n) is 10.9. The van der Waals surface area contributed by atoms with Crippen LogP contribution in [0.3, 0.4) is 0 Å². The fraction of sp³-hybridized carbons (Fsp3) is 0.172. The Morgan fingerprint density at radius 1 is 0.571 bits per heavy atom. The first-order valence-corrected chi connectivity index (χ1v) is 19.7. The van der Waals surface area contributed by atoms with Crippen molar-refractivity contribution in [3.63, 3.8) is 0 Å². The number of aromatic hydroxyl groups is 1. The summed E-state index contributed by atoms with van der Waals surface area (Å²) in [5.74, 6) is -2.02. The summed E-state index contributed by atoms with van der Waals surface area (Å²) < 4.78 is 184. The van der Waals surface area contributed by atoms with Gasteiger partial charge in [-0.3, -0.25) is 9.55 Å². The Hall–Kier alpha value is -6.35. The Bertz CT molecular complexity index is 3820. The molecule has 0 aliphatic rings. The van der Waals surface area contributed by atoms with E-state index < -0.39 is 87.1 Å². The standard InChI is InChI=1S/C58H52N3O.Pt/c1-37-22-25-40(26-23-37)42-28-29-59-51(34-42)45-32-43(39-16-11-9-12-17-39)31-44(33-45)47-20-15-21-53-54(47)60-56(49-35-46(57(3,4)5)36-50(55(49)62)58(6,7)8)61(53)52-27-24-38(2)30-48(52)41-18-13-10-14-19-41;/h9-32,34-36,62H,1-8H3;/q-1;/i2D3,3D3,4D3,5D3,6D3,7D3,8D3;. The maximum absolute atomic E-state index is 13.0. The molecule has 0 spiro atoms. The Morgan fingerprint density at radius 2 is 1.25 bits per heavy atom. The molecule has 0 radical (unpaired) electrons. The first kappa shape index (κ1) is 24.5. The summed E-state index contributed by atoms with van der Waals surface area (Å²) >= 11 is 0. The molecule has 0 amide bonds. The van der Waals surface area contributed by atoms with Crippen molar-refractivity contribution in [3.8, 4) is 78.6 Å². The van der Waals surface area contributed by atoms with Crippen LogP contribution in [-0.2, 0) is 31.9 Å². The Morgan fingerprint density at radius 3 is 1.97 bits per heavy atom. The van der Waals surface area contributed by atoms with Gasteiger partial charge in [0, 0.05) is 72.9 Å². The molecule has 0 unspecified atom stereocenters. The second-order valence-corrected chi connectivity index (χ2v) is 15.3. The van der Waals surface area contributed by atoms with Crippen LogP contribution in [0, 0.1) is 19.8 Å². The predicted octanol–water partition coefficient (Wildman–Crippen LogP) is 15.1. The number of imidazole rings is 1. The normalized spacial score (nSPS) is 18.1. The van der Waals surface area contributed by atoms with Gasteiger partial charge < -0.3 is 5.11 Å². The van der Waals surface area contributed by atoms with Crippen molar-refractivity contribution in [1.29, 1.82) is 0 Å². The number of fused-ring (bicyclic) bond motifs is 1. The van der Waals surface area contributed by atoms with Crippen molar-refractivity contribution in [2.75, 3.05) is 0 Å². The van der Waals surface area contributed by atoms with Crippen LogP contribution in [0.1, 0.15) is 92.2 Å². The van der Waals surface area contributed by atoms with Crippen molar-refractivity contribution < 1.29 is 55.0 Å². The molecule has 7 aromatic carbocycles. The summed E-state index contributed by atoms with van der Waals surface area (Å²) in [6.07, 6.45) is 1.66. The minimum absolute atomic E-state index is 0. The monoisotopic (exact) mass is 1020 g/mol. The fourth-order valence-corrected chi connectivity index (χ4v) is 7.78. The summed E-state index contributed by atoms with van der Waals surface area (Å²) in [6.45, 7) is -25.6. The van der Waals surface area contributed by atoms with Crippen LogP contribution in [0.25, 0.3) is 83.9 Å². The van der Waals surface area contributed by atoms with Crippen LogP contribution in [0.5, 0.6) is 5.75 Å². The minimum Gasteiger partial charge on any atom is -0.507 e. The number of pyridine rings is 1. The zero-order valence-corrected chi connectivity index (χ0v) is 36.0.